The number of amides is 2. The number of carbonyl (C=O) groups is 3. The van der Waals surface area contributed by atoms with E-state index in [0.29, 0.717) is 11.4 Å². The molecule has 1 saturated carbocycles. The average molecular weight is 464 g/mol. The molecule has 1 heterocycles. The Morgan fingerprint density at radius 2 is 1.09 bits per heavy atom. The Hall–Kier alpha value is -3.99. The van der Waals surface area contributed by atoms with Gasteiger partial charge in [0.2, 0.25) is 11.8 Å². The molecule has 5 nitrogen and oxygen atoms in total. The third-order valence-corrected chi connectivity index (χ3v) is 8.24. The number of anilines is 1. The van der Waals surface area contributed by atoms with Gasteiger partial charge in [0.25, 0.3) is 0 Å². The Morgan fingerprint density at radius 1 is 0.657 bits per heavy atom. The van der Waals surface area contributed by atoms with Gasteiger partial charge < -0.3 is 4.74 Å². The van der Waals surface area contributed by atoms with Crippen LogP contribution < -0.4 is 9.64 Å². The highest BCUT2D eigenvalue weighted by Gasteiger charge is 2.78. The molecule has 174 valence electrons. The number of ether oxygens (including phenoxy) is 1. The van der Waals surface area contributed by atoms with Gasteiger partial charge >= 0.3 is 0 Å². The Kier molecular flexibility index (Phi) is 4.46. The molecule has 4 unspecified atom stereocenters. The Morgan fingerprint density at radius 3 is 1.49 bits per heavy atom. The van der Waals surface area contributed by atoms with E-state index in [1.165, 1.54) is 4.90 Å². The van der Waals surface area contributed by atoms with Gasteiger partial charge in [0.1, 0.15) is 5.75 Å². The summed E-state index contributed by atoms with van der Waals surface area (Å²) < 4.78 is 5.24. The van der Waals surface area contributed by atoms with Crippen LogP contribution in [0.2, 0.25) is 0 Å². The molecule has 0 spiro atoms. The molecule has 1 aliphatic heterocycles. The molecule has 5 heteroatoms. The minimum absolute atomic E-state index is 0.0474. The predicted molar refractivity (Wildman–Crippen MR) is 133 cm³/mol. The number of rotatable bonds is 4. The van der Waals surface area contributed by atoms with Crippen molar-refractivity contribution < 1.29 is 19.1 Å². The summed E-state index contributed by atoms with van der Waals surface area (Å²) in [6.45, 7) is 3.72. The molecular weight excluding hydrogens is 438 g/mol. The minimum atomic E-state index is -1.11. The smallest absolute Gasteiger partial charge is 0.239 e. The van der Waals surface area contributed by atoms with Gasteiger partial charge in [-0.05, 0) is 60.4 Å². The lowest BCUT2D eigenvalue weighted by Gasteiger charge is -2.35. The van der Waals surface area contributed by atoms with Crippen LogP contribution in [-0.2, 0) is 14.4 Å². The SMILES string of the molecule is COc1ccc(N2C(=O)C3C(C2=O)C2(C)C(=O)C3(C)C(c3ccccc3)=C2c2ccccc2)cc1. The number of allylic oxidation sites excluding steroid dienone is 2. The average Bonchev–Trinajstić information content (AvgIpc) is 3.34. The number of Topliss-reactive ketones (excluding diaryl/α,β-unsaturated/α-hetero) is 1. The van der Waals surface area contributed by atoms with Crippen molar-refractivity contribution in [3.8, 4) is 5.75 Å². The number of ketones is 1. The first-order valence-electron chi connectivity index (χ1n) is 11.8. The monoisotopic (exact) mass is 463 g/mol. The molecule has 0 aromatic heterocycles. The molecular formula is C30H25NO4. The van der Waals surface area contributed by atoms with Gasteiger partial charge in [-0.15, -0.1) is 0 Å². The molecule has 2 amide bonds. The lowest BCUT2D eigenvalue weighted by molar-refractivity contribution is -0.133. The Balaban J connectivity index is 1.59. The van der Waals surface area contributed by atoms with Gasteiger partial charge in [-0.2, -0.15) is 0 Å². The van der Waals surface area contributed by atoms with Crippen LogP contribution >= 0.6 is 0 Å². The summed E-state index contributed by atoms with van der Waals surface area (Å²) in [4.78, 5) is 43.4. The summed E-state index contributed by atoms with van der Waals surface area (Å²) in [5.41, 5.74) is 1.81. The van der Waals surface area contributed by atoms with Crippen LogP contribution in [0, 0.1) is 22.7 Å². The molecule has 3 aliphatic rings. The summed E-state index contributed by atoms with van der Waals surface area (Å²) in [6, 6.07) is 26.5. The molecule has 1 saturated heterocycles. The topological polar surface area (TPSA) is 63.7 Å². The highest BCUT2D eigenvalue weighted by Crippen LogP contribution is 2.73. The van der Waals surface area contributed by atoms with Crippen LogP contribution in [0.3, 0.4) is 0 Å². The van der Waals surface area contributed by atoms with Crippen LogP contribution in [0.4, 0.5) is 5.69 Å². The van der Waals surface area contributed by atoms with E-state index in [-0.39, 0.29) is 17.6 Å². The molecule has 2 fully saturated rings. The van der Waals surface area contributed by atoms with Crippen molar-refractivity contribution in [1.29, 1.82) is 0 Å². The first-order valence-corrected chi connectivity index (χ1v) is 11.8. The van der Waals surface area contributed by atoms with Crippen molar-refractivity contribution in [2.45, 2.75) is 13.8 Å². The lowest BCUT2D eigenvalue weighted by Crippen LogP contribution is -2.40. The van der Waals surface area contributed by atoms with Crippen LogP contribution in [0.1, 0.15) is 25.0 Å². The number of methoxy groups -OCH3 is 1. The summed E-state index contributed by atoms with van der Waals surface area (Å²) in [7, 11) is 1.57. The van der Waals surface area contributed by atoms with Crippen molar-refractivity contribution in [1.82, 2.24) is 0 Å². The van der Waals surface area contributed by atoms with E-state index < -0.39 is 22.7 Å². The molecule has 2 aliphatic carbocycles. The molecule has 3 aromatic carbocycles. The highest BCUT2D eigenvalue weighted by molar-refractivity contribution is 6.34. The number of hydrogen-bond acceptors (Lipinski definition) is 4. The minimum Gasteiger partial charge on any atom is -0.497 e. The fourth-order valence-electron chi connectivity index (χ4n) is 6.80. The number of fused-ring (bicyclic) bond motifs is 5. The zero-order valence-electron chi connectivity index (χ0n) is 19.8. The molecule has 4 atom stereocenters. The first-order chi connectivity index (χ1) is 16.8. The molecule has 2 bridgehead atoms. The molecule has 3 aromatic rings. The number of carbonyl (C=O) groups excluding carboxylic acids is 3. The van der Waals surface area contributed by atoms with Crippen LogP contribution in [0.5, 0.6) is 5.75 Å². The van der Waals surface area contributed by atoms with E-state index in [1.807, 2.05) is 74.5 Å². The molecule has 35 heavy (non-hydrogen) atoms. The lowest BCUT2D eigenvalue weighted by atomic mass is 9.63. The van der Waals surface area contributed by atoms with Crippen molar-refractivity contribution in [2.24, 2.45) is 22.7 Å². The Bertz CT molecular complexity index is 1330. The summed E-state index contributed by atoms with van der Waals surface area (Å²) in [6.07, 6.45) is 0. The van der Waals surface area contributed by atoms with E-state index in [1.54, 1.807) is 31.4 Å². The van der Waals surface area contributed by atoms with E-state index in [4.69, 9.17) is 4.74 Å². The second kappa shape index (κ2) is 7.25. The van der Waals surface area contributed by atoms with E-state index in [9.17, 15) is 14.4 Å². The third kappa shape index (κ3) is 2.55. The van der Waals surface area contributed by atoms with Crippen molar-refractivity contribution in [3.63, 3.8) is 0 Å². The van der Waals surface area contributed by atoms with Crippen LogP contribution in [0.25, 0.3) is 11.1 Å². The zero-order chi connectivity index (χ0) is 24.5. The summed E-state index contributed by atoms with van der Waals surface area (Å²) >= 11 is 0. The van der Waals surface area contributed by atoms with Crippen LogP contribution in [-0.4, -0.2) is 24.7 Å². The van der Waals surface area contributed by atoms with Gasteiger partial charge in [0.15, 0.2) is 5.78 Å². The first kappa shape index (κ1) is 21.5. The molecule has 0 radical (unpaired) electrons. The second-order valence-corrected chi connectivity index (χ2v) is 9.88. The maximum Gasteiger partial charge on any atom is 0.239 e. The number of imide groups is 1. The number of benzene rings is 3. The van der Waals surface area contributed by atoms with E-state index in [2.05, 4.69) is 0 Å². The van der Waals surface area contributed by atoms with E-state index >= 15 is 0 Å². The van der Waals surface area contributed by atoms with Crippen molar-refractivity contribution in [2.75, 3.05) is 12.0 Å². The standard InChI is InChI=1S/C30H25NO4/c1-29-22(18-10-6-4-7-11-18)23(19-12-8-5-9-13-19)30(2,28(29)34)25-24(29)26(32)31(27(25)33)20-14-16-21(35-3)17-15-20/h4-17,24-25H,1-3H3. The van der Waals surface area contributed by atoms with Gasteiger partial charge in [0, 0.05) is 0 Å². The normalized spacial score (nSPS) is 29.2. The second-order valence-electron chi connectivity index (χ2n) is 9.88. The molecule has 0 N–H and O–H groups in total. The largest absolute Gasteiger partial charge is 0.497 e. The van der Waals surface area contributed by atoms with Crippen molar-refractivity contribution in [3.05, 3.63) is 96.1 Å². The maximum absolute atomic E-state index is 14.2. The highest BCUT2D eigenvalue weighted by atomic mass is 16.5. The van der Waals surface area contributed by atoms with Crippen LogP contribution in [0.15, 0.2) is 84.9 Å². The van der Waals surface area contributed by atoms with Gasteiger partial charge in [-0.25, -0.2) is 4.90 Å². The third-order valence-electron chi connectivity index (χ3n) is 8.24. The maximum atomic E-state index is 14.2. The number of hydrogen-bond donors (Lipinski definition) is 0. The quantitative estimate of drug-likeness (QED) is 0.510. The van der Waals surface area contributed by atoms with Gasteiger partial charge in [-0.3, -0.25) is 14.4 Å². The fourth-order valence-corrected chi connectivity index (χ4v) is 6.80. The van der Waals surface area contributed by atoms with Gasteiger partial charge in [-0.1, -0.05) is 60.7 Å². The Labute approximate surface area is 204 Å². The number of nitrogens with zero attached hydrogens (tertiary/aromatic N) is 1. The predicted octanol–water partition coefficient (Wildman–Crippen LogP) is 5.02. The summed E-state index contributed by atoms with van der Waals surface area (Å²) in [5.74, 6) is -1.54. The van der Waals surface area contributed by atoms with Crippen molar-refractivity contribution >= 4 is 34.4 Å². The molecule has 6 rings (SSSR count). The van der Waals surface area contributed by atoms with Gasteiger partial charge in [0.05, 0.1) is 35.5 Å². The van der Waals surface area contributed by atoms with E-state index in [0.717, 1.165) is 22.3 Å². The zero-order valence-corrected chi connectivity index (χ0v) is 19.8. The fraction of sp³-hybridized carbons (Fsp3) is 0.233. The summed E-state index contributed by atoms with van der Waals surface area (Å²) in [5, 5.41) is 0.